The van der Waals surface area contributed by atoms with E-state index >= 15 is 0 Å². The quantitative estimate of drug-likeness (QED) is 0.792. The molecule has 4 heteroatoms. The molecule has 1 aromatic carbocycles. The molecular formula is C14H21N3O. The van der Waals surface area contributed by atoms with Crippen molar-refractivity contribution in [3.8, 4) is 0 Å². The van der Waals surface area contributed by atoms with Crippen molar-refractivity contribution >= 4 is 11.0 Å². The van der Waals surface area contributed by atoms with Crippen LogP contribution in [0.25, 0.3) is 11.0 Å². The number of nitrogens with zero attached hydrogens (tertiary/aromatic N) is 2. The topological polar surface area (TPSA) is 39.1 Å². The highest BCUT2D eigenvalue weighted by Gasteiger charge is 2.04. The molecule has 0 atom stereocenters. The summed E-state index contributed by atoms with van der Waals surface area (Å²) in [7, 11) is 1.72. The normalized spacial score (nSPS) is 11.3. The van der Waals surface area contributed by atoms with Gasteiger partial charge in [0.2, 0.25) is 0 Å². The molecule has 0 radical (unpaired) electrons. The number of rotatable bonds is 6. The lowest BCUT2D eigenvalue weighted by atomic mass is 10.1. The monoisotopic (exact) mass is 247 g/mol. The molecule has 0 saturated carbocycles. The highest BCUT2D eigenvalue weighted by molar-refractivity contribution is 5.77. The molecule has 98 valence electrons. The molecule has 1 aromatic heterocycles. The molecule has 1 heterocycles. The van der Waals surface area contributed by atoms with E-state index in [1.54, 1.807) is 7.11 Å². The lowest BCUT2D eigenvalue weighted by Crippen LogP contribution is -2.23. The number of benzene rings is 1. The van der Waals surface area contributed by atoms with Gasteiger partial charge in [-0.15, -0.1) is 0 Å². The molecular weight excluding hydrogens is 226 g/mol. The van der Waals surface area contributed by atoms with E-state index in [0.29, 0.717) is 0 Å². The molecule has 0 aliphatic carbocycles. The third-order valence-corrected chi connectivity index (χ3v) is 3.25. The van der Waals surface area contributed by atoms with Gasteiger partial charge in [0, 0.05) is 26.7 Å². The predicted molar refractivity (Wildman–Crippen MR) is 74.0 cm³/mol. The standard InChI is InChI=1S/C14H21N3O/c1-11-8-13-14(9-12(11)2)17(10-16-13)6-4-15-5-7-18-3/h8-10,15H,4-7H2,1-3H3. The summed E-state index contributed by atoms with van der Waals surface area (Å²) in [5.41, 5.74) is 4.91. The molecule has 4 nitrogen and oxygen atoms in total. The minimum absolute atomic E-state index is 0.753. The van der Waals surface area contributed by atoms with Crippen LogP contribution in [0.3, 0.4) is 0 Å². The second-order valence-electron chi connectivity index (χ2n) is 4.61. The molecule has 0 fully saturated rings. The van der Waals surface area contributed by atoms with E-state index in [1.807, 2.05) is 6.33 Å². The van der Waals surface area contributed by atoms with E-state index in [2.05, 4.69) is 40.8 Å². The minimum Gasteiger partial charge on any atom is -0.383 e. The average molecular weight is 247 g/mol. The first-order valence-corrected chi connectivity index (χ1v) is 6.34. The van der Waals surface area contributed by atoms with Gasteiger partial charge in [0.1, 0.15) is 0 Å². The third kappa shape index (κ3) is 2.89. The van der Waals surface area contributed by atoms with Crippen molar-refractivity contribution in [1.82, 2.24) is 14.9 Å². The number of nitrogens with one attached hydrogen (secondary N) is 1. The Balaban J connectivity index is 2.03. The number of ether oxygens (including phenoxy) is 1. The maximum absolute atomic E-state index is 5.00. The van der Waals surface area contributed by atoms with Crippen molar-refractivity contribution in [2.45, 2.75) is 20.4 Å². The summed E-state index contributed by atoms with van der Waals surface area (Å²) >= 11 is 0. The molecule has 18 heavy (non-hydrogen) atoms. The van der Waals surface area contributed by atoms with Gasteiger partial charge in [-0.1, -0.05) is 0 Å². The zero-order chi connectivity index (χ0) is 13.0. The van der Waals surface area contributed by atoms with E-state index in [0.717, 1.165) is 31.8 Å². The summed E-state index contributed by atoms with van der Waals surface area (Å²) < 4.78 is 7.19. The molecule has 0 aliphatic rings. The van der Waals surface area contributed by atoms with Crippen LogP contribution in [0.15, 0.2) is 18.5 Å². The molecule has 0 saturated heterocycles. The van der Waals surface area contributed by atoms with Crippen LogP contribution in [0, 0.1) is 13.8 Å². The number of aryl methyl sites for hydroxylation is 2. The molecule has 1 N–H and O–H groups in total. The molecule has 2 aromatic rings. The largest absolute Gasteiger partial charge is 0.383 e. The Labute approximate surface area is 108 Å². The maximum Gasteiger partial charge on any atom is 0.0958 e. The number of aromatic nitrogens is 2. The number of hydrogen-bond donors (Lipinski definition) is 1. The number of imidazole rings is 1. The fourth-order valence-electron chi connectivity index (χ4n) is 1.99. The molecule has 0 unspecified atom stereocenters. The second kappa shape index (κ2) is 5.98. The summed E-state index contributed by atoms with van der Waals surface area (Å²) in [6.07, 6.45) is 1.92. The van der Waals surface area contributed by atoms with E-state index < -0.39 is 0 Å². The van der Waals surface area contributed by atoms with Crippen LogP contribution < -0.4 is 5.32 Å². The molecule has 0 spiro atoms. The van der Waals surface area contributed by atoms with Crippen LogP contribution in [-0.2, 0) is 11.3 Å². The Hall–Kier alpha value is -1.39. The van der Waals surface area contributed by atoms with Gasteiger partial charge in [0.25, 0.3) is 0 Å². The summed E-state index contributed by atoms with van der Waals surface area (Å²) in [6, 6.07) is 4.37. The summed E-state index contributed by atoms with van der Waals surface area (Å²) in [4.78, 5) is 4.45. The van der Waals surface area contributed by atoms with Gasteiger partial charge in [-0.3, -0.25) is 0 Å². The van der Waals surface area contributed by atoms with Crippen molar-refractivity contribution in [2.24, 2.45) is 0 Å². The highest BCUT2D eigenvalue weighted by atomic mass is 16.5. The minimum atomic E-state index is 0.753. The lowest BCUT2D eigenvalue weighted by Gasteiger charge is -2.07. The van der Waals surface area contributed by atoms with Crippen LogP contribution >= 0.6 is 0 Å². The van der Waals surface area contributed by atoms with Crippen LogP contribution in [0.4, 0.5) is 0 Å². The van der Waals surface area contributed by atoms with Gasteiger partial charge in [-0.2, -0.15) is 0 Å². The fourth-order valence-corrected chi connectivity index (χ4v) is 1.99. The number of hydrogen-bond acceptors (Lipinski definition) is 3. The first-order valence-electron chi connectivity index (χ1n) is 6.34. The third-order valence-electron chi connectivity index (χ3n) is 3.25. The summed E-state index contributed by atoms with van der Waals surface area (Å²) in [5.74, 6) is 0. The van der Waals surface area contributed by atoms with Crippen LogP contribution in [0.5, 0.6) is 0 Å². The second-order valence-corrected chi connectivity index (χ2v) is 4.61. The van der Waals surface area contributed by atoms with Gasteiger partial charge in [-0.05, 0) is 37.1 Å². The van der Waals surface area contributed by atoms with Gasteiger partial charge in [0.15, 0.2) is 0 Å². The summed E-state index contributed by atoms with van der Waals surface area (Å²) in [6.45, 7) is 7.78. The average Bonchev–Trinajstić information content (AvgIpc) is 2.72. The zero-order valence-corrected chi connectivity index (χ0v) is 11.4. The van der Waals surface area contributed by atoms with E-state index in [9.17, 15) is 0 Å². The van der Waals surface area contributed by atoms with E-state index in [4.69, 9.17) is 4.74 Å². The number of methoxy groups -OCH3 is 1. The van der Waals surface area contributed by atoms with Crippen molar-refractivity contribution in [3.63, 3.8) is 0 Å². The van der Waals surface area contributed by atoms with E-state index in [-0.39, 0.29) is 0 Å². The molecule has 2 rings (SSSR count). The Kier molecular flexibility index (Phi) is 4.33. The van der Waals surface area contributed by atoms with Crippen molar-refractivity contribution < 1.29 is 4.74 Å². The van der Waals surface area contributed by atoms with Crippen LogP contribution in [-0.4, -0.2) is 36.4 Å². The molecule has 0 bridgehead atoms. The Bertz CT molecular complexity index is 519. The van der Waals surface area contributed by atoms with Gasteiger partial charge < -0.3 is 14.6 Å². The van der Waals surface area contributed by atoms with Gasteiger partial charge >= 0.3 is 0 Å². The number of fused-ring (bicyclic) bond motifs is 1. The Morgan fingerprint density at radius 1 is 1.22 bits per heavy atom. The SMILES string of the molecule is COCCNCCn1cnc2cc(C)c(C)cc21. The van der Waals surface area contributed by atoms with Crippen molar-refractivity contribution in [2.75, 3.05) is 26.8 Å². The predicted octanol–water partition coefficient (Wildman–Crippen LogP) is 1.89. The lowest BCUT2D eigenvalue weighted by molar-refractivity contribution is 0.199. The molecule has 0 amide bonds. The fraction of sp³-hybridized carbons (Fsp3) is 0.500. The Morgan fingerprint density at radius 3 is 2.78 bits per heavy atom. The van der Waals surface area contributed by atoms with Crippen molar-refractivity contribution in [1.29, 1.82) is 0 Å². The van der Waals surface area contributed by atoms with Crippen LogP contribution in [0.2, 0.25) is 0 Å². The van der Waals surface area contributed by atoms with Gasteiger partial charge in [-0.25, -0.2) is 4.98 Å². The molecule has 0 aliphatic heterocycles. The van der Waals surface area contributed by atoms with Crippen molar-refractivity contribution in [3.05, 3.63) is 29.6 Å². The Morgan fingerprint density at radius 2 is 2.00 bits per heavy atom. The maximum atomic E-state index is 5.00. The summed E-state index contributed by atoms with van der Waals surface area (Å²) in [5, 5.41) is 3.34. The smallest absolute Gasteiger partial charge is 0.0958 e. The van der Waals surface area contributed by atoms with E-state index in [1.165, 1.54) is 16.6 Å². The van der Waals surface area contributed by atoms with Crippen LogP contribution in [0.1, 0.15) is 11.1 Å². The van der Waals surface area contributed by atoms with Gasteiger partial charge in [0.05, 0.1) is 24.0 Å². The zero-order valence-electron chi connectivity index (χ0n) is 11.4. The highest BCUT2D eigenvalue weighted by Crippen LogP contribution is 2.17. The first kappa shape index (κ1) is 13.1. The first-order chi connectivity index (χ1) is 8.72.